The number of nitrogens with zero attached hydrogens (tertiary/aromatic N) is 1. The zero-order valence-electron chi connectivity index (χ0n) is 16.9. The van der Waals surface area contributed by atoms with E-state index in [4.69, 9.17) is 4.74 Å². The highest BCUT2D eigenvalue weighted by Gasteiger charge is 2.21. The number of halogens is 3. The number of nitrogens with one attached hydrogen (secondary N) is 2. The molecule has 1 aromatic heterocycles. The number of pyridine rings is 1. The Morgan fingerprint density at radius 2 is 1.94 bits per heavy atom. The van der Waals surface area contributed by atoms with Crippen LogP contribution in [0.4, 0.5) is 11.5 Å². The van der Waals surface area contributed by atoms with Gasteiger partial charge in [0.1, 0.15) is 17.3 Å². The van der Waals surface area contributed by atoms with Crippen LogP contribution in [-0.4, -0.2) is 16.8 Å². The molecule has 9 heteroatoms. The first-order valence-electron chi connectivity index (χ1n) is 9.75. The van der Waals surface area contributed by atoms with Gasteiger partial charge in [-0.15, -0.1) is 0 Å². The van der Waals surface area contributed by atoms with Crippen molar-refractivity contribution in [2.75, 3.05) is 10.6 Å². The lowest BCUT2D eigenvalue weighted by atomic mass is 10.1. The second kappa shape index (κ2) is 9.79. The lowest BCUT2D eigenvalue weighted by molar-refractivity contribution is -0.116. The predicted molar refractivity (Wildman–Crippen MR) is 150 cm³/mol. The number of hydrogen-bond donors (Lipinski definition) is 2. The molecule has 0 atom stereocenters. The Hall–Kier alpha value is -1.48. The SMILES string of the molecule is CC(I)(I)c1cccc(NC(=O)c2ccc(Oc3ccnc4c3CCC(=O)N4)c(I)c2)c1. The molecule has 0 spiro atoms. The van der Waals surface area contributed by atoms with Gasteiger partial charge >= 0.3 is 0 Å². The van der Waals surface area contributed by atoms with E-state index in [0.29, 0.717) is 35.7 Å². The summed E-state index contributed by atoms with van der Waals surface area (Å²) in [6, 6.07) is 15.0. The van der Waals surface area contributed by atoms with Crippen molar-refractivity contribution in [3.8, 4) is 11.5 Å². The molecule has 0 saturated carbocycles. The van der Waals surface area contributed by atoms with Gasteiger partial charge in [-0.05, 0) is 77.9 Å². The van der Waals surface area contributed by atoms with Gasteiger partial charge in [0.05, 0.1) is 5.00 Å². The Balaban J connectivity index is 1.51. The van der Waals surface area contributed by atoms with Gasteiger partial charge < -0.3 is 15.4 Å². The van der Waals surface area contributed by atoms with Gasteiger partial charge in [0.2, 0.25) is 5.91 Å². The number of ether oxygens (including phenoxy) is 1. The van der Waals surface area contributed by atoms with Crippen LogP contribution in [0.25, 0.3) is 0 Å². The first kappa shape index (κ1) is 23.7. The second-order valence-electron chi connectivity index (χ2n) is 7.35. The molecule has 6 nitrogen and oxygen atoms in total. The van der Waals surface area contributed by atoms with Crippen LogP contribution in [-0.2, 0) is 12.6 Å². The second-order valence-corrected chi connectivity index (χ2v) is 14.9. The quantitative estimate of drug-likeness (QED) is 0.225. The molecule has 164 valence electrons. The highest BCUT2D eigenvalue weighted by atomic mass is 127. The largest absolute Gasteiger partial charge is 0.456 e. The summed E-state index contributed by atoms with van der Waals surface area (Å²) in [5.74, 6) is 1.61. The van der Waals surface area contributed by atoms with Crippen molar-refractivity contribution in [3.05, 3.63) is 75.0 Å². The lowest BCUT2D eigenvalue weighted by Crippen LogP contribution is -2.20. The van der Waals surface area contributed by atoms with Gasteiger partial charge in [-0.25, -0.2) is 4.98 Å². The van der Waals surface area contributed by atoms with E-state index >= 15 is 0 Å². The van der Waals surface area contributed by atoms with E-state index in [-0.39, 0.29) is 13.2 Å². The first-order chi connectivity index (χ1) is 15.2. The summed E-state index contributed by atoms with van der Waals surface area (Å²) in [6.45, 7) is 2.12. The average molecular weight is 765 g/mol. The number of alkyl halides is 2. The molecule has 2 heterocycles. The molecular formula is C23H18I3N3O3. The standard InChI is InChI=1S/C23H18I3N3O3/c1-23(25,26)14-3-2-4-15(12-14)28-22(31)13-5-7-19(17(24)11-13)32-18-9-10-27-21-16(18)6-8-20(30)29-21/h2-5,7,9-12H,6,8H2,1H3,(H,28,31)(H,27,29,30). The van der Waals surface area contributed by atoms with Gasteiger partial charge in [0.15, 0.2) is 0 Å². The average Bonchev–Trinajstić information content (AvgIpc) is 2.74. The molecule has 2 N–H and O–H groups in total. The number of hydrogen-bond acceptors (Lipinski definition) is 4. The first-order valence-corrected chi connectivity index (χ1v) is 13.0. The summed E-state index contributed by atoms with van der Waals surface area (Å²) in [7, 11) is 0. The number of anilines is 2. The number of carbonyl (C=O) groups excluding carboxylic acids is 2. The highest BCUT2D eigenvalue weighted by molar-refractivity contribution is 14.2. The molecule has 0 saturated heterocycles. The highest BCUT2D eigenvalue weighted by Crippen LogP contribution is 2.39. The number of carbonyl (C=O) groups is 2. The maximum absolute atomic E-state index is 12.8. The van der Waals surface area contributed by atoms with E-state index < -0.39 is 0 Å². The fraction of sp³-hybridized carbons (Fsp3) is 0.174. The monoisotopic (exact) mass is 765 g/mol. The van der Waals surface area contributed by atoms with E-state index in [9.17, 15) is 9.59 Å². The van der Waals surface area contributed by atoms with Crippen LogP contribution < -0.4 is 15.4 Å². The van der Waals surface area contributed by atoms with Crippen molar-refractivity contribution in [2.45, 2.75) is 21.2 Å². The fourth-order valence-electron chi connectivity index (χ4n) is 3.27. The van der Waals surface area contributed by atoms with Crippen molar-refractivity contribution in [1.82, 2.24) is 4.98 Å². The summed E-state index contributed by atoms with van der Waals surface area (Å²) in [6.07, 6.45) is 2.59. The third-order valence-corrected chi connectivity index (χ3v) is 7.00. The zero-order chi connectivity index (χ0) is 22.9. The van der Waals surface area contributed by atoms with Gasteiger partial charge in [-0.3, -0.25) is 9.59 Å². The van der Waals surface area contributed by atoms with Crippen molar-refractivity contribution in [2.24, 2.45) is 0 Å². The Morgan fingerprint density at radius 1 is 1.12 bits per heavy atom. The number of amides is 2. The maximum atomic E-state index is 12.8. The van der Waals surface area contributed by atoms with Crippen LogP contribution in [0.1, 0.15) is 34.8 Å². The normalized spacial score (nSPS) is 13.2. The topological polar surface area (TPSA) is 80.3 Å². The van der Waals surface area contributed by atoms with Gasteiger partial charge in [0, 0.05) is 29.4 Å². The van der Waals surface area contributed by atoms with Crippen molar-refractivity contribution in [3.63, 3.8) is 0 Å². The molecule has 4 rings (SSSR count). The molecule has 0 bridgehead atoms. The molecule has 3 aromatic rings. The van der Waals surface area contributed by atoms with E-state index in [1.165, 1.54) is 0 Å². The fourth-order valence-corrected chi connectivity index (χ4v) is 4.57. The maximum Gasteiger partial charge on any atom is 0.255 e. The molecular weight excluding hydrogens is 747 g/mol. The minimum Gasteiger partial charge on any atom is -0.456 e. The zero-order valence-corrected chi connectivity index (χ0v) is 23.4. The predicted octanol–water partition coefficient (Wildman–Crippen LogP) is 6.66. The summed E-state index contributed by atoms with van der Waals surface area (Å²) in [4.78, 5) is 28.7. The Labute approximate surface area is 226 Å². The molecule has 2 aromatic carbocycles. The molecule has 1 aliphatic heterocycles. The van der Waals surface area contributed by atoms with E-state index in [0.717, 1.165) is 20.4 Å². The molecule has 0 aliphatic carbocycles. The smallest absolute Gasteiger partial charge is 0.255 e. The van der Waals surface area contributed by atoms with Crippen molar-refractivity contribution in [1.29, 1.82) is 0 Å². The van der Waals surface area contributed by atoms with Crippen LogP contribution in [0.3, 0.4) is 0 Å². The van der Waals surface area contributed by atoms with Crippen LogP contribution in [0.15, 0.2) is 54.7 Å². The molecule has 2 amide bonds. The number of fused-ring (bicyclic) bond motifs is 1. The van der Waals surface area contributed by atoms with Crippen LogP contribution in [0.5, 0.6) is 11.5 Å². The van der Waals surface area contributed by atoms with Gasteiger partial charge in [-0.1, -0.05) is 57.3 Å². The summed E-state index contributed by atoms with van der Waals surface area (Å²) < 4.78 is 6.87. The van der Waals surface area contributed by atoms with E-state index in [1.807, 2.05) is 24.3 Å². The van der Waals surface area contributed by atoms with Gasteiger partial charge in [0.25, 0.3) is 5.91 Å². The van der Waals surface area contributed by atoms with Crippen molar-refractivity contribution < 1.29 is 14.3 Å². The van der Waals surface area contributed by atoms with E-state index in [2.05, 4.69) is 90.3 Å². The minimum absolute atomic E-state index is 0.0424. The number of aromatic nitrogens is 1. The molecule has 0 unspecified atom stereocenters. The number of rotatable bonds is 5. The van der Waals surface area contributed by atoms with Crippen LogP contribution in [0, 0.1) is 3.57 Å². The summed E-state index contributed by atoms with van der Waals surface area (Å²) in [5, 5.41) is 5.75. The number of benzene rings is 2. The molecule has 32 heavy (non-hydrogen) atoms. The Bertz CT molecular complexity index is 1210. The Morgan fingerprint density at radius 3 is 2.69 bits per heavy atom. The van der Waals surface area contributed by atoms with Gasteiger partial charge in [-0.2, -0.15) is 0 Å². The summed E-state index contributed by atoms with van der Waals surface area (Å²) >= 11 is 6.90. The Kier molecular flexibility index (Phi) is 7.24. The third kappa shape index (κ3) is 5.53. The third-order valence-electron chi connectivity index (χ3n) is 4.91. The minimum atomic E-state index is -0.181. The van der Waals surface area contributed by atoms with Crippen LogP contribution >= 0.6 is 67.8 Å². The molecule has 1 aliphatic rings. The van der Waals surface area contributed by atoms with Crippen molar-refractivity contribution >= 4 is 91.1 Å². The van der Waals surface area contributed by atoms with E-state index in [1.54, 1.807) is 30.5 Å². The lowest BCUT2D eigenvalue weighted by Gasteiger charge is -2.19. The van der Waals surface area contributed by atoms with Crippen LogP contribution in [0.2, 0.25) is 0 Å². The summed E-state index contributed by atoms with van der Waals surface area (Å²) in [5.41, 5.74) is 3.31. The molecule has 0 radical (unpaired) electrons. The molecule has 0 fully saturated rings.